The summed E-state index contributed by atoms with van der Waals surface area (Å²) in [6, 6.07) is 22.7. The molecule has 2 aliphatic heterocycles. The normalized spacial score (nSPS) is 16.8. The summed E-state index contributed by atoms with van der Waals surface area (Å²) in [5.74, 6) is 2.29. The van der Waals surface area contributed by atoms with Crippen molar-refractivity contribution in [3.8, 4) is 11.5 Å². The van der Waals surface area contributed by atoms with Gasteiger partial charge in [-0.05, 0) is 55.3 Å². The first-order valence-corrected chi connectivity index (χ1v) is 12.2. The average molecular weight is 448 g/mol. The average Bonchev–Trinajstić information content (AvgIpc) is 3.14. The molecule has 0 aromatic heterocycles. The topological polar surface area (TPSA) is 62.2 Å². The first-order chi connectivity index (χ1) is 15.5. The van der Waals surface area contributed by atoms with Crippen LogP contribution in [0.15, 0.2) is 82.7 Å². The molecule has 164 valence electrons. The zero-order valence-electron chi connectivity index (χ0n) is 17.9. The third-order valence-corrected chi connectivity index (χ3v) is 7.72. The second-order valence-electron chi connectivity index (χ2n) is 8.06. The number of benzene rings is 3. The first-order valence-electron chi connectivity index (χ1n) is 10.8. The van der Waals surface area contributed by atoms with E-state index in [1.54, 1.807) is 22.5 Å². The van der Waals surface area contributed by atoms with E-state index in [4.69, 9.17) is 9.73 Å². The number of nitrogens with zero attached hydrogens (tertiary/aromatic N) is 3. The largest absolute Gasteiger partial charge is 0.454 e. The first kappa shape index (κ1) is 20.7. The molecule has 1 fully saturated rings. The molecule has 3 aromatic carbocycles. The van der Waals surface area contributed by atoms with Crippen molar-refractivity contribution in [2.24, 2.45) is 4.99 Å². The van der Waals surface area contributed by atoms with Crippen LogP contribution in [0.4, 0.5) is 5.69 Å². The number of aliphatic imine (C=N–C) groups is 1. The predicted molar refractivity (Wildman–Crippen MR) is 125 cm³/mol. The Morgan fingerprint density at radius 1 is 0.844 bits per heavy atom. The molecule has 5 rings (SSSR count). The van der Waals surface area contributed by atoms with Gasteiger partial charge in [-0.25, -0.2) is 13.4 Å². The molecule has 1 saturated heterocycles. The van der Waals surface area contributed by atoms with Crippen LogP contribution in [0.3, 0.4) is 0 Å². The van der Waals surface area contributed by atoms with Gasteiger partial charge in [-0.2, -0.15) is 4.31 Å². The minimum atomic E-state index is -3.54. The fraction of sp³-hybridized carbons (Fsp3) is 0.240. The standard InChI is InChI=1S/C25H25N3O3S/c1-19-8-6-9-20(18-19)32(29,30)28-15-7-14-27(16-17-28)25-21-10-2-4-12-23(21)31-24-13-5-3-11-22(24)26-25/h2-6,8-13,18H,7,14-17H2,1H3. The fourth-order valence-corrected chi connectivity index (χ4v) is 5.76. The van der Waals surface area contributed by atoms with Crippen LogP contribution in [-0.2, 0) is 10.0 Å². The second-order valence-corrected chi connectivity index (χ2v) is 10.0. The summed E-state index contributed by atoms with van der Waals surface area (Å²) in [4.78, 5) is 7.48. The Morgan fingerprint density at radius 2 is 1.62 bits per heavy atom. The van der Waals surface area contributed by atoms with Gasteiger partial charge >= 0.3 is 0 Å². The zero-order chi connectivity index (χ0) is 22.1. The molecule has 0 saturated carbocycles. The SMILES string of the molecule is Cc1cccc(S(=O)(=O)N2CCCN(C3=Nc4ccccc4Oc4ccccc43)CC2)c1. The van der Waals surface area contributed by atoms with E-state index in [9.17, 15) is 8.42 Å². The van der Waals surface area contributed by atoms with Crippen LogP contribution in [0.5, 0.6) is 11.5 Å². The molecule has 0 radical (unpaired) electrons. The Bertz CT molecular complexity index is 1290. The van der Waals surface area contributed by atoms with Gasteiger partial charge in [-0.1, -0.05) is 36.4 Å². The lowest BCUT2D eigenvalue weighted by Gasteiger charge is -2.25. The van der Waals surface area contributed by atoms with Crippen LogP contribution in [0.1, 0.15) is 17.5 Å². The minimum Gasteiger partial charge on any atom is -0.454 e. The molecule has 0 aliphatic carbocycles. The van der Waals surface area contributed by atoms with Crippen LogP contribution in [0.2, 0.25) is 0 Å². The lowest BCUT2D eigenvalue weighted by Crippen LogP contribution is -2.37. The molecular formula is C25H25N3O3S. The Labute approximate surface area is 188 Å². The predicted octanol–water partition coefficient (Wildman–Crippen LogP) is 4.58. The van der Waals surface area contributed by atoms with Crippen LogP contribution in [0, 0.1) is 6.92 Å². The summed E-state index contributed by atoms with van der Waals surface area (Å²) in [6.45, 7) is 4.06. The number of hydrogen-bond donors (Lipinski definition) is 0. The van der Waals surface area contributed by atoms with E-state index >= 15 is 0 Å². The van der Waals surface area contributed by atoms with Crippen molar-refractivity contribution < 1.29 is 13.2 Å². The molecule has 2 aliphatic rings. The number of fused-ring (bicyclic) bond motifs is 2. The van der Waals surface area contributed by atoms with Crippen molar-refractivity contribution >= 4 is 21.5 Å². The molecule has 7 heteroatoms. The molecule has 0 N–H and O–H groups in total. The summed E-state index contributed by atoms with van der Waals surface area (Å²) in [6.07, 6.45) is 0.717. The van der Waals surface area contributed by atoms with Gasteiger partial charge in [0.05, 0.1) is 10.5 Å². The van der Waals surface area contributed by atoms with Crippen molar-refractivity contribution in [3.05, 3.63) is 83.9 Å². The van der Waals surface area contributed by atoms with Gasteiger partial charge < -0.3 is 9.64 Å². The van der Waals surface area contributed by atoms with Gasteiger partial charge in [-0.15, -0.1) is 0 Å². The molecule has 0 unspecified atom stereocenters. The molecule has 3 aromatic rings. The lowest BCUT2D eigenvalue weighted by atomic mass is 10.1. The number of ether oxygens (including phenoxy) is 1. The van der Waals surface area contributed by atoms with Crippen LogP contribution >= 0.6 is 0 Å². The zero-order valence-corrected chi connectivity index (χ0v) is 18.8. The third-order valence-electron chi connectivity index (χ3n) is 5.82. The van der Waals surface area contributed by atoms with E-state index < -0.39 is 10.0 Å². The van der Waals surface area contributed by atoms with E-state index in [0.29, 0.717) is 30.3 Å². The van der Waals surface area contributed by atoms with Gasteiger partial charge in [0.15, 0.2) is 5.75 Å². The van der Waals surface area contributed by atoms with Gasteiger partial charge in [0.1, 0.15) is 17.3 Å². The maximum atomic E-state index is 13.2. The van der Waals surface area contributed by atoms with Crippen molar-refractivity contribution in [1.29, 1.82) is 0 Å². The summed E-state index contributed by atoms with van der Waals surface area (Å²) in [7, 11) is -3.54. The Morgan fingerprint density at radius 3 is 2.47 bits per heavy atom. The van der Waals surface area contributed by atoms with Gasteiger partial charge in [-0.3, -0.25) is 0 Å². The lowest BCUT2D eigenvalue weighted by molar-refractivity contribution is 0.407. The van der Waals surface area contributed by atoms with Crippen molar-refractivity contribution in [2.75, 3.05) is 26.2 Å². The van der Waals surface area contributed by atoms with Gasteiger partial charge in [0, 0.05) is 26.2 Å². The Hall–Kier alpha value is -3.16. The van der Waals surface area contributed by atoms with E-state index in [-0.39, 0.29) is 0 Å². The number of rotatable bonds is 2. The number of amidine groups is 1. The molecule has 32 heavy (non-hydrogen) atoms. The maximum Gasteiger partial charge on any atom is 0.243 e. The molecule has 6 nitrogen and oxygen atoms in total. The van der Waals surface area contributed by atoms with Crippen LogP contribution in [0.25, 0.3) is 0 Å². The highest BCUT2D eigenvalue weighted by Crippen LogP contribution is 2.38. The van der Waals surface area contributed by atoms with E-state index in [0.717, 1.165) is 41.4 Å². The molecule has 0 bridgehead atoms. The summed E-state index contributed by atoms with van der Waals surface area (Å²) < 4.78 is 34.2. The number of sulfonamides is 1. The molecule has 2 heterocycles. The highest BCUT2D eigenvalue weighted by molar-refractivity contribution is 7.89. The number of para-hydroxylation sites is 3. The molecule has 0 atom stereocenters. The minimum absolute atomic E-state index is 0.352. The smallest absolute Gasteiger partial charge is 0.243 e. The van der Waals surface area contributed by atoms with E-state index in [2.05, 4.69) is 4.90 Å². The summed E-state index contributed by atoms with van der Waals surface area (Å²) >= 11 is 0. The fourth-order valence-electron chi connectivity index (χ4n) is 4.18. The number of hydrogen-bond acceptors (Lipinski definition) is 5. The number of aryl methyl sites for hydroxylation is 1. The van der Waals surface area contributed by atoms with E-state index in [1.807, 2.05) is 61.5 Å². The highest BCUT2D eigenvalue weighted by atomic mass is 32.2. The maximum absolute atomic E-state index is 13.2. The quantitative estimate of drug-likeness (QED) is 0.577. The Kier molecular flexibility index (Phi) is 5.45. The van der Waals surface area contributed by atoms with Crippen LogP contribution < -0.4 is 4.74 Å². The summed E-state index contributed by atoms with van der Waals surface area (Å²) in [5, 5.41) is 0. The molecule has 0 amide bonds. The molecular weight excluding hydrogens is 422 g/mol. The monoisotopic (exact) mass is 447 g/mol. The highest BCUT2D eigenvalue weighted by Gasteiger charge is 2.29. The van der Waals surface area contributed by atoms with Crippen molar-refractivity contribution in [2.45, 2.75) is 18.2 Å². The summed E-state index contributed by atoms with van der Waals surface area (Å²) in [5.41, 5.74) is 2.62. The van der Waals surface area contributed by atoms with E-state index in [1.165, 1.54) is 0 Å². The Balaban J connectivity index is 1.46. The van der Waals surface area contributed by atoms with Crippen molar-refractivity contribution in [1.82, 2.24) is 9.21 Å². The van der Waals surface area contributed by atoms with Gasteiger partial charge in [0.25, 0.3) is 0 Å². The van der Waals surface area contributed by atoms with Crippen LogP contribution in [-0.4, -0.2) is 49.6 Å². The molecule has 0 spiro atoms. The third kappa shape index (κ3) is 3.89. The van der Waals surface area contributed by atoms with Gasteiger partial charge in [0.2, 0.25) is 10.0 Å². The van der Waals surface area contributed by atoms with Crippen molar-refractivity contribution in [3.63, 3.8) is 0 Å². The second kappa shape index (κ2) is 8.41.